The molecule has 1 aromatic carbocycles. The van der Waals surface area contributed by atoms with Crippen LogP contribution in [0.5, 0.6) is 5.75 Å². The van der Waals surface area contributed by atoms with E-state index < -0.39 is 0 Å². The van der Waals surface area contributed by atoms with Crippen LogP contribution in [0, 0.1) is 13.8 Å². The number of hydrogen-bond donors (Lipinski definition) is 1. The van der Waals surface area contributed by atoms with Crippen LogP contribution in [0.2, 0.25) is 0 Å². The summed E-state index contributed by atoms with van der Waals surface area (Å²) in [5.41, 5.74) is 3.86. The predicted octanol–water partition coefficient (Wildman–Crippen LogP) is 3.06. The molecule has 1 amide bonds. The molecule has 0 unspecified atom stereocenters. The minimum atomic E-state index is -0.0970. The van der Waals surface area contributed by atoms with E-state index in [4.69, 9.17) is 4.74 Å². The van der Waals surface area contributed by atoms with Crippen molar-refractivity contribution in [1.29, 1.82) is 0 Å². The summed E-state index contributed by atoms with van der Waals surface area (Å²) < 4.78 is 5.28. The summed E-state index contributed by atoms with van der Waals surface area (Å²) in [6, 6.07) is 7.42. The Labute approximate surface area is 131 Å². The van der Waals surface area contributed by atoms with Crippen LogP contribution in [-0.2, 0) is 6.54 Å². The third kappa shape index (κ3) is 4.20. The number of carbonyl (C=O) groups is 1. The monoisotopic (exact) mass is 306 g/mol. The fourth-order valence-corrected chi connectivity index (χ4v) is 2.04. The summed E-state index contributed by atoms with van der Waals surface area (Å²) in [6.07, 6.45) is 3.22. The Hall–Kier alpha value is -2.07. The van der Waals surface area contributed by atoms with Gasteiger partial charge in [-0.25, -0.2) is 0 Å². The van der Waals surface area contributed by atoms with Gasteiger partial charge in [-0.3, -0.25) is 9.78 Å². The lowest BCUT2D eigenvalue weighted by molar-refractivity contribution is 0.0950. The van der Waals surface area contributed by atoms with E-state index in [2.05, 4.69) is 10.3 Å². The molecule has 4 nitrogen and oxygen atoms in total. The fraction of sp³-hybridized carbons (Fsp3) is 0.250. The molecule has 5 heteroatoms. The molecule has 0 bridgehead atoms. The number of benzene rings is 1. The highest BCUT2D eigenvalue weighted by molar-refractivity contribution is 5.93. The standard InChI is InChI=1S/C16H18N2O2.ClH/c1-11-9-15(20-3)12(2)8-14(11)10-18-16(19)13-4-6-17-7-5-13;/h4-9H,10H2,1-3H3,(H,18,19);1H. The topological polar surface area (TPSA) is 51.2 Å². The van der Waals surface area contributed by atoms with E-state index in [1.54, 1.807) is 31.6 Å². The number of pyridine rings is 1. The maximum Gasteiger partial charge on any atom is 0.251 e. The van der Waals surface area contributed by atoms with E-state index in [9.17, 15) is 4.79 Å². The maximum absolute atomic E-state index is 12.0. The minimum Gasteiger partial charge on any atom is -0.496 e. The van der Waals surface area contributed by atoms with E-state index in [0.29, 0.717) is 12.1 Å². The number of amides is 1. The van der Waals surface area contributed by atoms with E-state index in [0.717, 1.165) is 22.4 Å². The molecule has 0 saturated heterocycles. The van der Waals surface area contributed by atoms with Crippen molar-refractivity contribution in [2.24, 2.45) is 0 Å². The molecule has 0 aliphatic rings. The lowest BCUT2D eigenvalue weighted by Crippen LogP contribution is -2.23. The lowest BCUT2D eigenvalue weighted by Gasteiger charge is -2.12. The van der Waals surface area contributed by atoms with Gasteiger partial charge in [0, 0.05) is 24.5 Å². The minimum absolute atomic E-state index is 0. The number of methoxy groups -OCH3 is 1. The summed E-state index contributed by atoms with van der Waals surface area (Å²) in [4.78, 5) is 15.9. The van der Waals surface area contributed by atoms with Crippen LogP contribution < -0.4 is 10.1 Å². The molecule has 0 aliphatic heterocycles. The van der Waals surface area contributed by atoms with Crippen molar-refractivity contribution >= 4 is 18.3 Å². The Morgan fingerprint density at radius 3 is 2.48 bits per heavy atom. The number of hydrogen-bond acceptors (Lipinski definition) is 3. The van der Waals surface area contributed by atoms with Crippen LogP contribution in [0.25, 0.3) is 0 Å². The number of nitrogens with zero attached hydrogens (tertiary/aromatic N) is 1. The van der Waals surface area contributed by atoms with Gasteiger partial charge in [0.25, 0.3) is 5.91 Å². The number of halogens is 1. The van der Waals surface area contributed by atoms with Crippen molar-refractivity contribution in [3.05, 3.63) is 58.9 Å². The van der Waals surface area contributed by atoms with Gasteiger partial charge in [0.05, 0.1) is 7.11 Å². The third-order valence-corrected chi connectivity index (χ3v) is 3.24. The number of aryl methyl sites for hydroxylation is 2. The molecule has 0 aliphatic carbocycles. The molecule has 1 heterocycles. The van der Waals surface area contributed by atoms with Crippen molar-refractivity contribution in [1.82, 2.24) is 10.3 Å². The van der Waals surface area contributed by atoms with Gasteiger partial charge in [0.2, 0.25) is 0 Å². The van der Waals surface area contributed by atoms with E-state index in [1.165, 1.54) is 0 Å². The van der Waals surface area contributed by atoms with Gasteiger partial charge in [-0.15, -0.1) is 12.4 Å². The van der Waals surface area contributed by atoms with Crippen LogP contribution in [0.15, 0.2) is 36.7 Å². The molecule has 0 atom stereocenters. The average Bonchev–Trinajstić information content (AvgIpc) is 2.48. The lowest BCUT2D eigenvalue weighted by atomic mass is 10.0. The van der Waals surface area contributed by atoms with E-state index in [1.807, 2.05) is 26.0 Å². The second-order valence-corrected chi connectivity index (χ2v) is 4.67. The Balaban J connectivity index is 0.00000220. The first kappa shape index (κ1) is 17.0. The fourth-order valence-electron chi connectivity index (χ4n) is 2.04. The molecule has 112 valence electrons. The number of nitrogens with one attached hydrogen (secondary N) is 1. The maximum atomic E-state index is 12.0. The summed E-state index contributed by atoms with van der Waals surface area (Å²) >= 11 is 0. The van der Waals surface area contributed by atoms with Gasteiger partial charge in [0.15, 0.2) is 0 Å². The second-order valence-electron chi connectivity index (χ2n) is 4.67. The second kappa shape index (κ2) is 7.64. The molecule has 1 N–H and O–H groups in total. The Morgan fingerprint density at radius 2 is 1.86 bits per heavy atom. The van der Waals surface area contributed by atoms with Crippen molar-refractivity contribution in [3.8, 4) is 5.75 Å². The van der Waals surface area contributed by atoms with Gasteiger partial charge in [-0.1, -0.05) is 6.07 Å². The Bertz CT molecular complexity index is 615. The van der Waals surface area contributed by atoms with Gasteiger partial charge in [-0.05, 0) is 48.7 Å². The predicted molar refractivity (Wildman–Crippen MR) is 85.1 cm³/mol. The molecule has 0 spiro atoms. The molecule has 2 aromatic rings. The molecule has 1 aromatic heterocycles. The molecule has 0 radical (unpaired) electrons. The van der Waals surface area contributed by atoms with Crippen molar-refractivity contribution in [3.63, 3.8) is 0 Å². The Morgan fingerprint density at radius 1 is 1.19 bits per heavy atom. The highest BCUT2D eigenvalue weighted by atomic mass is 35.5. The SMILES string of the molecule is COc1cc(C)c(CNC(=O)c2ccncc2)cc1C.Cl. The molecule has 0 saturated carbocycles. The van der Waals surface area contributed by atoms with Crippen molar-refractivity contribution < 1.29 is 9.53 Å². The average molecular weight is 307 g/mol. The van der Waals surface area contributed by atoms with Gasteiger partial charge < -0.3 is 10.1 Å². The van der Waals surface area contributed by atoms with Crippen molar-refractivity contribution in [2.75, 3.05) is 7.11 Å². The smallest absolute Gasteiger partial charge is 0.251 e. The summed E-state index contributed by atoms with van der Waals surface area (Å²) in [6.45, 7) is 4.50. The van der Waals surface area contributed by atoms with Crippen LogP contribution in [-0.4, -0.2) is 18.0 Å². The number of rotatable bonds is 4. The van der Waals surface area contributed by atoms with Gasteiger partial charge >= 0.3 is 0 Å². The van der Waals surface area contributed by atoms with E-state index in [-0.39, 0.29) is 18.3 Å². The third-order valence-electron chi connectivity index (χ3n) is 3.24. The number of carbonyl (C=O) groups excluding carboxylic acids is 1. The van der Waals surface area contributed by atoms with Crippen molar-refractivity contribution in [2.45, 2.75) is 20.4 Å². The molecular weight excluding hydrogens is 288 g/mol. The quantitative estimate of drug-likeness (QED) is 0.944. The van der Waals surface area contributed by atoms with Gasteiger partial charge in [0.1, 0.15) is 5.75 Å². The first-order chi connectivity index (χ1) is 9.61. The van der Waals surface area contributed by atoms with Gasteiger partial charge in [-0.2, -0.15) is 0 Å². The zero-order chi connectivity index (χ0) is 14.5. The molecular formula is C16H19ClN2O2. The number of aromatic nitrogens is 1. The first-order valence-corrected chi connectivity index (χ1v) is 6.44. The van der Waals surface area contributed by atoms with E-state index >= 15 is 0 Å². The normalized spacial score (nSPS) is 9.67. The van der Waals surface area contributed by atoms with Crippen LogP contribution in [0.3, 0.4) is 0 Å². The van der Waals surface area contributed by atoms with Crippen LogP contribution in [0.1, 0.15) is 27.0 Å². The number of ether oxygens (including phenoxy) is 1. The molecule has 2 rings (SSSR count). The summed E-state index contributed by atoms with van der Waals surface area (Å²) in [5.74, 6) is 0.770. The largest absolute Gasteiger partial charge is 0.496 e. The summed E-state index contributed by atoms with van der Waals surface area (Å²) in [5, 5.41) is 2.91. The van der Waals surface area contributed by atoms with Crippen LogP contribution >= 0.6 is 12.4 Å². The molecule has 0 fully saturated rings. The highest BCUT2D eigenvalue weighted by Crippen LogP contribution is 2.22. The van der Waals surface area contributed by atoms with Crippen LogP contribution in [0.4, 0.5) is 0 Å². The molecule has 21 heavy (non-hydrogen) atoms. The summed E-state index contributed by atoms with van der Waals surface area (Å²) in [7, 11) is 1.66. The highest BCUT2D eigenvalue weighted by Gasteiger charge is 2.08. The zero-order valence-corrected chi connectivity index (χ0v) is 13.2. The Kier molecular flexibility index (Phi) is 6.18. The first-order valence-electron chi connectivity index (χ1n) is 6.44. The zero-order valence-electron chi connectivity index (χ0n) is 12.3.